The van der Waals surface area contributed by atoms with Crippen molar-refractivity contribution in [1.82, 2.24) is 0 Å². The van der Waals surface area contributed by atoms with Crippen molar-refractivity contribution in [2.24, 2.45) is 5.73 Å². The van der Waals surface area contributed by atoms with Crippen molar-refractivity contribution in [2.45, 2.75) is 40.2 Å². The van der Waals surface area contributed by atoms with Gasteiger partial charge in [-0.3, -0.25) is 0 Å². The Morgan fingerprint density at radius 2 is 1.94 bits per heavy atom. The first kappa shape index (κ1) is 23.4. The molecule has 7 heteroatoms. The summed E-state index contributed by atoms with van der Waals surface area (Å²) >= 11 is 3.49. The number of hydrogen-bond acceptors (Lipinski definition) is 6. The third-order valence-corrected chi connectivity index (χ3v) is 6.01. The first-order valence-corrected chi connectivity index (χ1v) is 11.0. The fraction of sp³-hybridized carbons (Fsp3) is 0.280. The van der Waals surface area contributed by atoms with Gasteiger partial charge >= 0.3 is 5.97 Å². The van der Waals surface area contributed by atoms with Gasteiger partial charge in [0.15, 0.2) is 0 Å². The summed E-state index contributed by atoms with van der Waals surface area (Å²) in [6, 6.07) is 13.7. The predicted octanol–water partition coefficient (Wildman–Crippen LogP) is 5.29. The summed E-state index contributed by atoms with van der Waals surface area (Å²) in [7, 11) is 0. The largest absolute Gasteiger partial charge is 0.488 e. The molecule has 166 valence electrons. The summed E-state index contributed by atoms with van der Waals surface area (Å²) in [5.41, 5.74) is 10.2. The Kier molecular flexibility index (Phi) is 7.26. The van der Waals surface area contributed by atoms with Crippen LogP contribution in [-0.2, 0) is 20.9 Å². The summed E-state index contributed by atoms with van der Waals surface area (Å²) in [4.78, 5) is 12.8. The summed E-state index contributed by atoms with van der Waals surface area (Å²) in [6.45, 7) is 7.86. The molecule has 0 bridgehead atoms. The lowest BCUT2D eigenvalue weighted by atomic mass is 9.80. The Labute approximate surface area is 196 Å². The van der Waals surface area contributed by atoms with Gasteiger partial charge in [-0.05, 0) is 78.0 Å². The van der Waals surface area contributed by atoms with Gasteiger partial charge < -0.3 is 19.9 Å². The number of rotatable bonds is 6. The molecular weight excluding hydrogens is 472 g/mol. The molecule has 2 N–H and O–H groups in total. The second-order valence-electron chi connectivity index (χ2n) is 7.47. The van der Waals surface area contributed by atoms with Crippen LogP contribution in [0.15, 0.2) is 63.7 Å². The Morgan fingerprint density at radius 1 is 1.22 bits per heavy atom. The number of nitrogens with two attached hydrogens (primary N) is 1. The maximum Gasteiger partial charge on any atom is 0.338 e. The number of hydrogen-bond donors (Lipinski definition) is 1. The highest BCUT2D eigenvalue weighted by Crippen LogP contribution is 2.41. The number of para-hydroxylation sites is 1. The smallest absolute Gasteiger partial charge is 0.338 e. The van der Waals surface area contributed by atoms with Crippen LogP contribution in [0.4, 0.5) is 0 Å². The van der Waals surface area contributed by atoms with Crippen LogP contribution in [0.3, 0.4) is 0 Å². The average molecular weight is 497 g/mol. The zero-order valence-corrected chi connectivity index (χ0v) is 20.1. The lowest BCUT2D eigenvalue weighted by Crippen LogP contribution is -2.26. The number of nitriles is 1. The second-order valence-corrected chi connectivity index (χ2v) is 8.32. The van der Waals surface area contributed by atoms with Gasteiger partial charge in [0, 0.05) is 0 Å². The van der Waals surface area contributed by atoms with Crippen LogP contribution in [0.25, 0.3) is 0 Å². The fourth-order valence-corrected chi connectivity index (χ4v) is 4.17. The summed E-state index contributed by atoms with van der Waals surface area (Å²) < 4.78 is 17.7. The number of carbonyl (C=O) groups excluding carboxylic acids is 1. The topological polar surface area (TPSA) is 94.6 Å². The van der Waals surface area contributed by atoms with Crippen molar-refractivity contribution >= 4 is 21.9 Å². The van der Waals surface area contributed by atoms with Gasteiger partial charge in [-0.25, -0.2) is 4.79 Å². The van der Waals surface area contributed by atoms with Crippen molar-refractivity contribution in [3.63, 3.8) is 0 Å². The van der Waals surface area contributed by atoms with Gasteiger partial charge in [-0.2, -0.15) is 5.26 Å². The van der Waals surface area contributed by atoms with E-state index in [1.165, 1.54) is 0 Å². The van der Waals surface area contributed by atoms with E-state index < -0.39 is 11.9 Å². The SMILES string of the molecule is CCOC(=O)C1=C(C)OC(N)=C(C#N)[C@H]1c1cc(COc2ccccc2Br)c(C)cc1C. The van der Waals surface area contributed by atoms with E-state index in [2.05, 4.69) is 22.0 Å². The van der Waals surface area contributed by atoms with Crippen LogP contribution in [0.2, 0.25) is 0 Å². The van der Waals surface area contributed by atoms with Crippen LogP contribution < -0.4 is 10.5 Å². The van der Waals surface area contributed by atoms with Crippen molar-refractivity contribution in [2.75, 3.05) is 6.61 Å². The maximum atomic E-state index is 12.8. The maximum absolute atomic E-state index is 12.8. The Hall–Kier alpha value is -3.24. The molecular formula is C25H25BrN2O4. The van der Waals surface area contributed by atoms with Crippen LogP contribution in [0, 0.1) is 25.2 Å². The van der Waals surface area contributed by atoms with Crippen LogP contribution in [0.1, 0.15) is 42.0 Å². The molecule has 0 amide bonds. The molecule has 1 aliphatic heterocycles. The van der Waals surface area contributed by atoms with Crippen LogP contribution in [0.5, 0.6) is 5.75 Å². The number of benzene rings is 2. The molecule has 1 heterocycles. The molecule has 0 spiro atoms. The van der Waals surface area contributed by atoms with E-state index in [0.717, 1.165) is 32.5 Å². The average Bonchev–Trinajstić information content (AvgIpc) is 2.74. The van der Waals surface area contributed by atoms with Crippen molar-refractivity contribution in [1.29, 1.82) is 5.26 Å². The number of esters is 1. The summed E-state index contributed by atoms with van der Waals surface area (Å²) in [6.07, 6.45) is 0. The first-order valence-electron chi connectivity index (χ1n) is 10.2. The number of halogens is 1. The lowest BCUT2D eigenvalue weighted by Gasteiger charge is -2.28. The van der Waals surface area contributed by atoms with E-state index in [-0.39, 0.29) is 23.6 Å². The third-order valence-electron chi connectivity index (χ3n) is 5.36. The zero-order valence-electron chi connectivity index (χ0n) is 18.5. The van der Waals surface area contributed by atoms with Crippen molar-refractivity contribution < 1.29 is 19.0 Å². The van der Waals surface area contributed by atoms with E-state index in [9.17, 15) is 10.1 Å². The monoisotopic (exact) mass is 496 g/mol. The number of nitrogens with zero attached hydrogens (tertiary/aromatic N) is 1. The van der Waals surface area contributed by atoms with Gasteiger partial charge in [-0.15, -0.1) is 0 Å². The zero-order chi connectivity index (χ0) is 23.4. The minimum Gasteiger partial charge on any atom is -0.488 e. The lowest BCUT2D eigenvalue weighted by molar-refractivity contribution is -0.139. The second kappa shape index (κ2) is 9.92. The molecule has 0 saturated carbocycles. The molecule has 0 aliphatic carbocycles. The highest BCUT2D eigenvalue weighted by molar-refractivity contribution is 9.10. The third kappa shape index (κ3) is 4.66. The minimum atomic E-state index is -0.685. The molecule has 0 saturated heterocycles. The molecule has 2 aromatic rings. The minimum absolute atomic E-state index is 0.00552. The molecule has 0 unspecified atom stereocenters. The molecule has 1 aliphatic rings. The first-order chi connectivity index (χ1) is 15.3. The van der Waals surface area contributed by atoms with Crippen molar-refractivity contribution in [3.05, 3.63) is 85.9 Å². The van der Waals surface area contributed by atoms with E-state index in [4.69, 9.17) is 19.9 Å². The van der Waals surface area contributed by atoms with Gasteiger partial charge in [0.2, 0.25) is 5.88 Å². The molecule has 32 heavy (non-hydrogen) atoms. The Balaban J connectivity index is 2.08. The van der Waals surface area contributed by atoms with E-state index in [1.807, 2.05) is 50.2 Å². The normalized spacial score (nSPS) is 15.8. The summed E-state index contributed by atoms with van der Waals surface area (Å²) in [5, 5.41) is 9.83. The van der Waals surface area contributed by atoms with Crippen molar-refractivity contribution in [3.8, 4) is 11.8 Å². The predicted molar refractivity (Wildman–Crippen MR) is 124 cm³/mol. The summed E-state index contributed by atoms with van der Waals surface area (Å²) in [5.74, 6) is -0.160. The molecule has 1 atom stereocenters. The van der Waals surface area contributed by atoms with Crippen LogP contribution in [-0.4, -0.2) is 12.6 Å². The number of aryl methyl sites for hydroxylation is 2. The molecule has 0 radical (unpaired) electrons. The molecule has 0 aromatic heterocycles. The highest BCUT2D eigenvalue weighted by atomic mass is 79.9. The molecule has 6 nitrogen and oxygen atoms in total. The molecule has 2 aromatic carbocycles. The van der Waals surface area contributed by atoms with Crippen LogP contribution >= 0.6 is 15.9 Å². The number of carbonyl (C=O) groups is 1. The van der Waals surface area contributed by atoms with E-state index >= 15 is 0 Å². The fourth-order valence-electron chi connectivity index (χ4n) is 3.77. The van der Waals surface area contributed by atoms with Gasteiger partial charge in [0.25, 0.3) is 0 Å². The highest BCUT2D eigenvalue weighted by Gasteiger charge is 2.37. The van der Waals surface area contributed by atoms with E-state index in [0.29, 0.717) is 12.4 Å². The Morgan fingerprint density at radius 3 is 2.59 bits per heavy atom. The quantitative estimate of drug-likeness (QED) is 0.545. The molecule has 3 rings (SSSR count). The standard InChI is InChI=1S/C25H25BrN2O4/c1-5-30-25(29)22-16(4)32-24(28)19(12-27)23(22)18-11-17(14(2)10-15(18)3)13-31-21-9-7-6-8-20(21)26/h6-11,23H,5,13,28H2,1-4H3/t23-/m1/s1. The van der Waals surface area contributed by atoms with Gasteiger partial charge in [0.05, 0.1) is 22.6 Å². The molecule has 0 fully saturated rings. The number of ether oxygens (including phenoxy) is 3. The van der Waals surface area contributed by atoms with Gasteiger partial charge in [-0.1, -0.05) is 24.3 Å². The van der Waals surface area contributed by atoms with E-state index in [1.54, 1.807) is 13.8 Å². The number of allylic oxidation sites excluding steroid dienone is 2. The van der Waals surface area contributed by atoms with Gasteiger partial charge in [0.1, 0.15) is 29.8 Å². The Bertz CT molecular complexity index is 1160.